The number of aliphatic carboxylic acids is 1. The monoisotopic (exact) mass is 256 g/mol. The highest BCUT2D eigenvalue weighted by Crippen LogP contribution is 2.09. The van der Waals surface area contributed by atoms with Crippen molar-refractivity contribution in [3.05, 3.63) is 12.7 Å². The third kappa shape index (κ3) is 8.75. The molecule has 104 valence electrons. The number of carbonyl (C=O) groups is 2. The summed E-state index contributed by atoms with van der Waals surface area (Å²) in [4.78, 5) is 22.0. The Balaban J connectivity index is 3.64. The van der Waals surface area contributed by atoms with Crippen LogP contribution in [0.1, 0.15) is 33.1 Å². The summed E-state index contributed by atoms with van der Waals surface area (Å²) in [6, 6.07) is 0.0732. The molecule has 0 fully saturated rings. The molecule has 0 saturated heterocycles. The fraction of sp³-hybridized carbons (Fsp3) is 0.692. The molecule has 0 saturated carbocycles. The molecule has 2 unspecified atom stereocenters. The van der Waals surface area contributed by atoms with Crippen LogP contribution in [0.5, 0.6) is 0 Å². The van der Waals surface area contributed by atoms with Gasteiger partial charge in [-0.2, -0.15) is 0 Å². The molecule has 18 heavy (non-hydrogen) atoms. The van der Waals surface area contributed by atoms with Gasteiger partial charge in [0.05, 0.1) is 12.5 Å². The molecular weight excluding hydrogens is 232 g/mol. The van der Waals surface area contributed by atoms with Crippen LogP contribution in [-0.4, -0.2) is 36.1 Å². The van der Waals surface area contributed by atoms with Crippen molar-refractivity contribution in [1.29, 1.82) is 0 Å². The maximum atomic E-state index is 11.4. The van der Waals surface area contributed by atoms with E-state index in [4.69, 9.17) is 5.11 Å². The SMILES string of the molecule is C=CCNCC(=O)NC(C)CCCC(C)C(=O)O. The van der Waals surface area contributed by atoms with Gasteiger partial charge in [-0.05, 0) is 19.8 Å². The quantitative estimate of drug-likeness (QED) is 0.405. The van der Waals surface area contributed by atoms with Crippen molar-refractivity contribution >= 4 is 11.9 Å². The van der Waals surface area contributed by atoms with Gasteiger partial charge in [-0.15, -0.1) is 6.58 Å². The summed E-state index contributed by atoms with van der Waals surface area (Å²) in [5.74, 6) is -1.13. The van der Waals surface area contributed by atoms with Gasteiger partial charge in [0.15, 0.2) is 0 Å². The zero-order chi connectivity index (χ0) is 14.0. The van der Waals surface area contributed by atoms with Crippen LogP contribution in [0.3, 0.4) is 0 Å². The molecule has 0 aromatic heterocycles. The summed E-state index contributed by atoms with van der Waals surface area (Å²) in [6.45, 7) is 8.06. The summed E-state index contributed by atoms with van der Waals surface area (Å²) in [7, 11) is 0. The van der Waals surface area contributed by atoms with Crippen molar-refractivity contribution in [2.45, 2.75) is 39.2 Å². The molecule has 5 nitrogen and oxygen atoms in total. The second-order valence-electron chi connectivity index (χ2n) is 4.56. The van der Waals surface area contributed by atoms with E-state index in [1.807, 2.05) is 6.92 Å². The van der Waals surface area contributed by atoms with Crippen molar-refractivity contribution in [3.63, 3.8) is 0 Å². The molecule has 0 aliphatic carbocycles. The fourth-order valence-electron chi connectivity index (χ4n) is 1.54. The van der Waals surface area contributed by atoms with Crippen LogP contribution >= 0.6 is 0 Å². The largest absolute Gasteiger partial charge is 0.481 e. The Morgan fingerprint density at radius 1 is 1.33 bits per heavy atom. The predicted octanol–water partition coefficient (Wildman–Crippen LogP) is 1.16. The van der Waals surface area contributed by atoms with E-state index in [0.29, 0.717) is 13.0 Å². The fourth-order valence-corrected chi connectivity index (χ4v) is 1.54. The van der Waals surface area contributed by atoms with Crippen LogP contribution in [0.2, 0.25) is 0 Å². The highest BCUT2D eigenvalue weighted by atomic mass is 16.4. The smallest absolute Gasteiger partial charge is 0.306 e. The lowest BCUT2D eigenvalue weighted by atomic mass is 10.0. The number of hydrogen-bond donors (Lipinski definition) is 3. The zero-order valence-electron chi connectivity index (χ0n) is 11.2. The van der Waals surface area contributed by atoms with Gasteiger partial charge in [-0.25, -0.2) is 0 Å². The molecule has 5 heteroatoms. The second-order valence-corrected chi connectivity index (χ2v) is 4.56. The Labute approximate surface area is 109 Å². The van der Waals surface area contributed by atoms with E-state index >= 15 is 0 Å². The first-order valence-corrected chi connectivity index (χ1v) is 6.31. The van der Waals surface area contributed by atoms with Crippen LogP contribution < -0.4 is 10.6 Å². The predicted molar refractivity (Wildman–Crippen MR) is 71.3 cm³/mol. The van der Waals surface area contributed by atoms with Crippen LogP contribution in [0.25, 0.3) is 0 Å². The average molecular weight is 256 g/mol. The number of carbonyl (C=O) groups excluding carboxylic acids is 1. The highest BCUT2D eigenvalue weighted by molar-refractivity contribution is 5.78. The number of amides is 1. The third-order valence-electron chi connectivity index (χ3n) is 2.68. The first-order chi connectivity index (χ1) is 8.47. The normalized spacial score (nSPS) is 13.7. The minimum Gasteiger partial charge on any atom is -0.481 e. The van der Waals surface area contributed by atoms with Gasteiger partial charge in [0, 0.05) is 12.6 Å². The van der Waals surface area contributed by atoms with Crippen molar-refractivity contribution in [1.82, 2.24) is 10.6 Å². The number of nitrogens with one attached hydrogen (secondary N) is 2. The van der Waals surface area contributed by atoms with E-state index < -0.39 is 5.97 Å². The van der Waals surface area contributed by atoms with Gasteiger partial charge in [-0.1, -0.05) is 19.4 Å². The molecule has 0 aliphatic rings. The van der Waals surface area contributed by atoms with Gasteiger partial charge in [0.25, 0.3) is 0 Å². The van der Waals surface area contributed by atoms with Gasteiger partial charge in [-0.3, -0.25) is 9.59 Å². The summed E-state index contributed by atoms with van der Waals surface area (Å²) in [6.07, 6.45) is 3.94. The molecule has 0 radical (unpaired) electrons. The van der Waals surface area contributed by atoms with Crippen LogP contribution in [-0.2, 0) is 9.59 Å². The van der Waals surface area contributed by atoms with E-state index in [0.717, 1.165) is 12.8 Å². The Morgan fingerprint density at radius 2 is 2.00 bits per heavy atom. The summed E-state index contributed by atoms with van der Waals surface area (Å²) in [5, 5.41) is 14.5. The lowest BCUT2D eigenvalue weighted by Gasteiger charge is -2.14. The second kappa shape index (κ2) is 9.65. The molecule has 0 aliphatic heterocycles. The lowest BCUT2D eigenvalue weighted by molar-refractivity contribution is -0.141. The van der Waals surface area contributed by atoms with E-state index in [9.17, 15) is 9.59 Å². The summed E-state index contributed by atoms with van der Waals surface area (Å²) in [5.41, 5.74) is 0. The molecule has 2 atom stereocenters. The number of hydrogen-bond acceptors (Lipinski definition) is 3. The van der Waals surface area contributed by atoms with Crippen molar-refractivity contribution in [2.75, 3.05) is 13.1 Å². The molecule has 0 bridgehead atoms. The molecule has 0 rings (SSSR count). The number of carboxylic acid groups (broad SMARTS) is 1. The Morgan fingerprint density at radius 3 is 2.56 bits per heavy atom. The van der Waals surface area contributed by atoms with Crippen molar-refractivity contribution in [2.24, 2.45) is 5.92 Å². The van der Waals surface area contributed by atoms with Crippen LogP contribution in [0, 0.1) is 5.92 Å². The van der Waals surface area contributed by atoms with E-state index in [-0.39, 0.29) is 24.4 Å². The molecule has 3 N–H and O–H groups in total. The maximum absolute atomic E-state index is 11.4. The minimum atomic E-state index is -0.764. The van der Waals surface area contributed by atoms with Gasteiger partial charge < -0.3 is 15.7 Å². The Hall–Kier alpha value is -1.36. The van der Waals surface area contributed by atoms with Gasteiger partial charge in [0.2, 0.25) is 5.91 Å². The summed E-state index contributed by atoms with van der Waals surface area (Å²) >= 11 is 0. The number of rotatable bonds is 10. The van der Waals surface area contributed by atoms with E-state index in [2.05, 4.69) is 17.2 Å². The van der Waals surface area contributed by atoms with Gasteiger partial charge >= 0.3 is 5.97 Å². The average Bonchev–Trinajstić information content (AvgIpc) is 2.28. The molecular formula is C13H24N2O3. The minimum absolute atomic E-state index is 0.0457. The van der Waals surface area contributed by atoms with Crippen molar-refractivity contribution < 1.29 is 14.7 Å². The van der Waals surface area contributed by atoms with E-state index in [1.165, 1.54) is 0 Å². The molecule has 0 spiro atoms. The molecule has 0 heterocycles. The molecule has 1 amide bonds. The first kappa shape index (κ1) is 16.6. The Bertz CT molecular complexity index is 279. The van der Waals surface area contributed by atoms with Gasteiger partial charge in [0.1, 0.15) is 0 Å². The molecule has 0 aromatic rings. The highest BCUT2D eigenvalue weighted by Gasteiger charge is 2.12. The standard InChI is InChI=1S/C13H24N2O3/c1-4-8-14-9-12(16)15-11(3)7-5-6-10(2)13(17)18/h4,10-11,14H,1,5-9H2,2-3H3,(H,15,16)(H,17,18). The third-order valence-corrected chi connectivity index (χ3v) is 2.68. The van der Waals surface area contributed by atoms with Crippen molar-refractivity contribution in [3.8, 4) is 0 Å². The first-order valence-electron chi connectivity index (χ1n) is 6.31. The summed E-state index contributed by atoms with van der Waals surface area (Å²) < 4.78 is 0. The van der Waals surface area contributed by atoms with Crippen LogP contribution in [0.15, 0.2) is 12.7 Å². The Kier molecular flexibility index (Phi) is 8.92. The molecule has 0 aromatic carbocycles. The van der Waals surface area contributed by atoms with Crippen LogP contribution in [0.4, 0.5) is 0 Å². The lowest BCUT2D eigenvalue weighted by Crippen LogP contribution is -2.39. The zero-order valence-corrected chi connectivity index (χ0v) is 11.2. The topological polar surface area (TPSA) is 78.4 Å². The number of carboxylic acids is 1. The maximum Gasteiger partial charge on any atom is 0.306 e. The van der Waals surface area contributed by atoms with E-state index in [1.54, 1.807) is 13.0 Å².